The van der Waals surface area contributed by atoms with Crippen molar-refractivity contribution in [2.75, 3.05) is 19.7 Å². The smallest absolute Gasteiger partial charge is 0.242 e. The van der Waals surface area contributed by atoms with Gasteiger partial charge < -0.3 is 14.5 Å². The molecule has 0 radical (unpaired) electrons. The molecule has 5 rings (SSSR count). The van der Waals surface area contributed by atoms with Gasteiger partial charge in [-0.1, -0.05) is 18.2 Å². The first kappa shape index (κ1) is 19.6. The van der Waals surface area contributed by atoms with Crippen molar-refractivity contribution in [2.24, 2.45) is 5.92 Å². The number of para-hydroxylation sites is 1. The van der Waals surface area contributed by atoms with Crippen LogP contribution >= 0.6 is 11.3 Å². The fourth-order valence-electron chi connectivity index (χ4n) is 4.34. The average Bonchev–Trinajstić information content (AvgIpc) is 3.68. The third-order valence-electron chi connectivity index (χ3n) is 6.41. The second kappa shape index (κ2) is 8.06. The van der Waals surface area contributed by atoms with Crippen molar-refractivity contribution in [3.63, 3.8) is 0 Å². The Morgan fingerprint density at radius 3 is 2.70 bits per heavy atom. The molecule has 2 aromatic rings. The molecule has 30 heavy (non-hydrogen) atoms. The first-order valence-corrected chi connectivity index (χ1v) is 11.8. The SMILES string of the molecule is Cc1ccccc1OCC1c2ccsc2CCN1C(=O)CN(C(=O)C1CC1)C1CC1. The molecule has 158 valence electrons. The summed E-state index contributed by atoms with van der Waals surface area (Å²) < 4.78 is 6.17. The van der Waals surface area contributed by atoms with Gasteiger partial charge in [-0.2, -0.15) is 0 Å². The van der Waals surface area contributed by atoms with Crippen LogP contribution in [0.5, 0.6) is 5.75 Å². The molecule has 1 aromatic carbocycles. The van der Waals surface area contributed by atoms with Gasteiger partial charge in [0.1, 0.15) is 18.9 Å². The van der Waals surface area contributed by atoms with Gasteiger partial charge in [-0.3, -0.25) is 9.59 Å². The zero-order valence-corrected chi connectivity index (χ0v) is 18.2. The number of aryl methyl sites for hydroxylation is 1. The van der Waals surface area contributed by atoms with Crippen LogP contribution in [0.4, 0.5) is 0 Å². The maximum absolute atomic E-state index is 13.4. The van der Waals surface area contributed by atoms with Gasteiger partial charge in [0.2, 0.25) is 11.8 Å². The Bertz CT molecular complexity index is 947. The fraction of sp³-hybridized carbons (Fsp3) is 0.500. The predicted molar refractivity (Wildman–Crippen MR) is 117 cm³/mol. The maximum Gasteiger partial charge on any atom is 0.242 e. The van der Waals surface area contributed by atoms with Crippen LogP contribution in [0.1, 0.15) is 47.7 Å². The van der Waals surface area contributed by atoms with Crippen LogP contribution in [0.15, 0.2) is 35.7 Å². The van der Waals surface area contributed by atoms with Crippen molar-refractivity contribution in [3.8, 4) is 5.75 Å². The molecule has 1 atom stereocenters. The molecule has 0 saturated heterocycles. The minimum atomic E-state index is -0.107. The lowest BCUT2D eigenvalue weighted by molar-refractivity contribution is -0.143. The van der Waals surface area contributed by atoms with Crippen LogP contribution in [0.25, 0.3) is 0 Å². The van der Waals surface area contributed by atoms with Crippen molar-refractivity contribution >= 4 is 23.2 Å². The van der Waals surface area contributed by atoms with Gasteiger partial charge in [0.05, 0.1) is 6.04 Å². The minimum absolute atomic E-state index is 0.0473. The van der Waals surface area contributed by atoms with E-state index in [1.165, 1.54) is 10.4 Å². The van der Waals surface area contributed by atoms with Gasteiger partial charge in [-0.05, 0) is 67.7 Å². The van der Waals surface area contributed by atoms with E-state index >= 15 is 0 Å². The van der Waals surface area contributed by atoms with Gasteiger partial charge in [-0.15, -0.1) is 11.3 Å². The minimum Gasteiger partial charge on any atom is -0.491 e. The average molecular weight is 425 g/mol. The van der Waals surface area contributed by atoms with Crippen molar-refractivity contribution in [3.05, 3.63) is 51.7 Å². The number of thiophene rings is 1. The van der Waals surface area contributed by atoms with Crippen molar-refractivity contribution < 1.29 is 14.3 Å². The van der Waals surface area contributed by atoms with Crippen molar-refractivity contribution in [1.82, 2.24) is 9.80 Å². The number of rotatable bonds is 7. The first-order chi connectivity index (χ1) is 14.6. The van der Waals surface area contributed by atoms with Crippen LogP contribution in [0.3, 0.4) is 0 Å². The predicted octanol–water partition coefficient (Wildman–Crippen LogP) is 3.96. The number of ether oxygens (including phenoxy) is 1. The normalized spacial score (nSPS) is 20.6. The second-order valence-electron chi connectivity index (χ2n) is 8.70. The molecule has 0 spiro atoms. The summed E-state index contributed by atoms with van der Waals surface area (Å²) in [6.45, 7) is 3.36. The van der Waals surface area contributed by atoms with Crippen LogP contribution < -0.4 is 4.74 Å². The molecule has 0 bridgehead atoms. The molecular weight excluding hydrogens is 396 g/mol. The van der Waals surface area contributed by atoms with Gasteiger partial charge in [-0.25, -0.2) is 0 Å². The summed E-state index contributed by atoms with van der Waals surface area (Å²) in [4.78, 5) is 31.3. The molecule has 0 N–H and O–H groups in total. The molecule has 2 amide bonds. The summed E-state index contributed by atoms with van der Waals surface area (Å²) in [5.41, 5.74) is 2.28. The third kappa shape index (κ3) is 3.97. The van der Waals surface area contributed by atoms with E-state index in [9.17, 15) is 9.59 Å². The molecule has 5 nitrogen and oxygen atoms in total. The number of benzene rings is 1. The summed E-state index contributed by atoms with van der Waals surface area (Å²) in [5.74, 6) is 1.25. The summed E-state index contributed by atoms with van der Waals surface area (Å²) in [6, 6.07) is 10.3. The van der Waals surface area contributed by atoms with Crippen LogP contribution in [-0.2, 0) is 16.0 Å². The molecular formula is C24H28N2O3S. The Balaban J connectivity index is 1.33. The maximum atomic E-state index is 13.4. The molecule has 1 aromatic heterocycles. The summed E-state index contributed by atoms with van der Waals surface area (Å²) in [7, 11) is 0. The number of nitrogens with zero attached hydrogens (tertiary/aromatic N) is 2. The zero-order chi connectivity index (χ0) is 20.7. The van der Waals surface area contributed by atoms with Gasteiger partial charge in [0.25, 0.3) is 0 Å². The number of carbonyl (C=O) groups is 2. The van der Waals surface area contributed by atoms with E-state index in [0.29, 0.717) is 13.2 Å². The lowest BCUT2D eigenvalue weighted by atomic mass is 10.00. The number of amides is 2. The summed E-state index contributed by atoms with van der Waals surface area (Å²) in [6.07, 6.45) is 4.89. The largest absolute Gasteiger partial charge is 0.491 e. The summed E-state index contributed by atoms with van der Waals surface area (Å²) in [5, 5.41) is 2.10. The Kier molecular flexibility index (Phi) is 5.27. The van der Waals surface area contributed by atoms with E-state index in [-0.39, 0.29) is 36.4 Å². The molecule has 6 heteroatoms. The van der Waals surface area contributed by atoms with Gasteiger partial charge in [0, 0.05) is 23.4 Å². The Labute approximate surface area is 181 Å². The molecule has 3 aliphatic rings. The molecule has 2 aliphatic carbocycles. The molecule has 2 saturated carbocycles. The van der Waals surface area contributed by atoms with Crippen LogP contribution in [-0.4, -0.2) is 47.4 Å². The third-order valence-corrected chi connectivity index (χ3v) is 7.40. The van der Waals surface area contributed by atoms with E-state index in [0.717, 1.165) is 43.4 Å². The molecule has 2 heterocycles. The van der Waals surface area contributed by atoms with E-state index in [2.05, 4.69) is 11.4 Å². The number of carbonyl (C=O) groups excluding carboxylic acids is 2. The monoisotopic (exact) mass is 424 g/mol. The highest BCUT2D eigenvalue weighted by molar-refractivity contribution is 7.10. The van der Waals surface area contributed by atoms with Crippen molar-refractivity contribution in [2.45, 2.75) is 51.1 Å². The Hall–Kier alpha value is -2.34. The number of hydrogen-bond donors (Lipinski definition) is 0. The Morgan fingerprint density at radius 1 is 1.17 bits per heavy atom. The van der Waals surface area contributed by atoms with E-state index in [4.69, 9.17) is 4.74 Å². The highest BCUT2D eigenvalue weighted by Crippen LogP contribution is 2.37. The zero-order valence-electron chi connectivity index (χ0n) is 17.4. The second-order valence-corrected chi connectivity index (χ2v) is 9.70. The van der Waals surface area contributed by atoms with Crippen LogP contribution in [0.2, 0.25) is 0 Å². The number of fused-ring (bicyclic) bond motifs is 1. The lowest BCUT2D eigenvalue weighted by Gasteiger charge is -2.37. The van der Waals surface area contributed by atoms with Gasteiger partial charge >= 0.3 is 0 Å². The highest BCUT2D eigenvalue weighted by atomic mass is 32.1. The van der Waals surface area contributed by atoms with E-state index in [1.807, 2.05) is 41.0 Å². The van der Waals surface area contributed by atoms with Crippen LogP contribution in [0, 0.1) is 12.8 Å². The molecule has 2 fully saturated rings. The highest BCUT2D eigenvalue weighted by Gasteiger charge is 2.42. The van der Waals surface area contributed by atoms with Crippen molar-refractivity contribution in [1.29, 1.82) is 0 Å². The topological polar surface area (TPSA) is 49.9 Å². The Morgan fingerprint density at radius 2 is 1.97 bits per heavy atom. The van der Waals surface area contributed by atoms with E-state index in [1.54, 1.807) is 11.3 Å². The fourth-order valence-corrected chi connectivity index (χ4v) is 5.26. The molecule has 1 unspecified atom stereocenters. The van der Waals surface area contributed by atoms with E-state index < -0.39 is 0 Å². The lowest BCUT2D eigenvalue weighted by Crippen LogP contribution is -2.48. The van der Waals surface area contributed by atoms with Gasteiger partial charge in [0.15, 0.2) is 0 Å². The molecule has 1 aliphatic heterocycles. The number of hydrogen-bond acceptors (Lipinski definition) is 4. The standard InChI is InChI=1S/C24H28N2O3S/c1-16-4-2-3-5-21(16)29-15-20-19-11-13-30-22(19)10-12-25(20)23(27)14-26(18-8-9-18)24(28)17-6-7-17/h2-5,11,13,17-18,20H,6-10,12,14-15H2,1H3. The quantitative estimate of drug-likeness (QED) is 0.676. The first-order valence-electron chi connectivity index (χ1n) is 11.0. The summed E-state index contributed by atoms with van der Waals surface area (Å²) >= 11 is 1.76.